The maximum atomic E-state index is 5.75. The van der Waals surface area contributed by atoms with Gasteiger partial charge in [0.2, 0.25) is 5.95 Å². The van der Waals surface area contributed by atoms with E-state index in [1.165, 1.54) is 44.9 Å². The van der Waals surface area contributed by atoms with Crippen molar-refractivity contribution in [2.24, 2.45) is 5.41 Å². The lowest BCUT2D eigenvalue weighted by Gasteiger charge is -2.43. The smallest absolute Gasteiger partial charge is 0.227 e. The van der Waals surface area contributed by atoms with E-state index in [1.54, 1.807) is 0 Å². The molecule has 6 nitrogen and oxygen atoms in total. The maximum Gasteiger partial charge on any atom is 0.227 e. The Morgan fingerprint density at radius 2 is 1.82 bits per heavy atom. The van der Waals surface area contributed by atoms with Crippen LogP contribution in [0.25, 0.3) is 0 Å². The first-order chi connectivity index (χ1) is 13.7. The normalized spacial score (nSPS) is 22.5. The lowest BCUT2D eigenvalue weighted by Crippen LogP contribution is -2.49. The third-order valence-corrected chi connectivity index (χ3v) is 6.83. The Bertz CT molecular complexity index is 634. The zero-order chi connectivity index (χ0) is 19.4. The molecule has 0 spiro atoms. The van der Waals surface area contributed by atoms with E-state index < -0.39 is 0 Å². The molecule has 1 N–H and O–H groups in total. The van der Waals surface area contributed by atoms with Crippen molar-refractivity contribution in [1.82, 2.24) is 15.3 Å². The van der Waals surface area contributed by atoms with Crippen LogP contribution in [-0.2, 0) is 4.74 Å². The van der Waals surface area contributed by atoms with Gasteiger partial charge in [-0.25, -0.2) is 4.98 Å². The highest BCUT2D eigenvalue weighted by atomic mass is 16.5. The predicted molar refractivity (Wildman–Crippen MR) is 114 cm³/mol. The van der Waals surface area contributed by atoms with E-state index in [0.29, 0.717) is 11.5 Å². The fourth-order valence-corrected chi connectivity index (χ4v) is 4.80. The highest BCUT2D eigenvalue weighted by Gasteiger charge is 2.37. The fraction of sp³-hybridized carbons (Fsp3) is 0.818. The average Bonchev–Trinajstić information content (AvgIpc) is 3.22. The minimum absolute atomic E-state index is 0.404. The molecule has 0 atom stereocenters. The second kappa shape index (κ2) is 8.95. The van der Waals surface area contributed by atoms with Crippen LogP contribution in [0.3, 0.4) is 0 Å². The highest BCUT2D eigenvalue weighted by molar-refractivity contribution is 5.46. The average molecular weight is 388 g/mol. The van der Waals surface area contributed by atoms with E-state index in [4.69, 9.17) is 9.72 Å². The summed E-state index contributed by atoms with van der Waals surface area (Å²) in [5.74, 6) is 2.04. The van der Waals surface area contributed by atoms with Gasteiger partial charge < -0.3 is 19.9 Å². The number of rotatable bonds is 8. The van der Waals surface area contributed by atoms with E-state index in [0.717, 1.165) is 63.4 Å². The van der Waals surface area contributed by atoms with Gasteiger partial charge in [-0.05, 0) is 52.4 Å². The highest BCUT2D eigenvalue weighted by Crippen LogP contribution is 2.40. The van der Waals surface area contributed by atoms with Gasteiger partial charge in [-0.2, -0.15) is 4.98 Å². The Hall–Kier alpha value is -1.40. The van der Waals surface area contributed by atoms with Gasteiger partial charge in [0.05, 0.1) is 6.61 Å². The van der Waals surface area contributed by atoms with Gasteiger partial charge in [-0.1, -0.05) is 6.42 Å². The Morgan fingerprint density at radius 3 is 2.46 bits per heavy atom. The van der Waals surface area contributed by atoms with Crippen LogP contribution in [0.15, 0.2) is 6.07 Å². The molecule has 6 heteroatoms. The number of hydrogen-bond acceptors (Lipinski definition) is 6. The number of hydrogen-bond donors (Lipinski definition) is 1. The quantitative estimate of drug-likeness (QED) is 0.740. The van der Waals surface area contributed by atoms with Crippen LogP contribution in [0.2, 0.25) is 0 Å². The number of aromatic nitrogens is 2. The molecule has 28 heavy (non-hydrogen) atoms. The van der Waals surface area contributed by atoms with Crippen LogP contribution in [0.5, 0.6) is 0 Å². The summed E-state index contributed by atoms with van der Waals surface area (Å²) in [5.41, 5.74) is 1.48. The van der Waals surface area contributed by atoms with Crippen LogP contribution in [-0.4, -0.2) is 61.9 Å². The first-order valence-electron chi connectivity index (χ1n) is 11.3. The third-order valence-electron chi connectivity index (χ3n) is 6.83. The van der Waals surface area contributed by atoms with Crippen molar-refractivity contribution in [3.8, 4) is 0 Å². The Kier molecular flexibility index (Phi) is 6.36. The minimum atomic E-state index is 0.404. The molecule has 3 fully saturated rings. The monoisotopic (exact) mass is 387 g/mol. The van der Waals surface area contributed by atoms with Gasteiger partial charge >= 0.3 is 0 Å². The number of piperidine rings is 1. The molecule has 156 valence electrons. The second-order valence-electron chi connectivity index (χ2n) is 8.99. The van der Waals surface area contributed by atoms with Crippen molar-refractivity contribution in [2.75, 3.05) is 55.7 Å². The summed E-state index contributed by atoms with van der Waals surface area (Å²) in [6.45, 7) is 11.4. The predicted octanol–water partition coefficient (Wildman–Crippen LogP) is 3.15. The molecule has 1 aromatic rings. The molecule has 4 rings (SSSR count). The molecule has 2 aliphatic heterocycles. The van der Waals surface area contributed by atoms with Gasteiger partial charge in [-0.15, -0.1) is 0 Å². The zero-order valence-electron chi connectivity index (χ0n) is 17.8. The summed E-state index contributed by atoms with van der Waals surface area (Å²) < 4.78 is 5.75. The van der Waals surface area contributed by atoms with Crippen LogP contribution < -0.4 is 15.1 Å². The number of nitrogens with one attached hydrogen (secondary N) is 1. The van der Waals surface area contributed by atoms with Crippen molar-refractivity contribution < 1.29 is 4.74 Å². The summed E-state index contributed by atoms with van der Waals surface area (Å²) in [6, 6.07) is 2.77. The summed E-state index contributed by atoms with van der Waals surface area (Å²) in [4.78, 5) is 14.4. The number of nitrogens with zero attached hydrogens (tertiary/aromatic N) is 4. The molecule has 0 unspecified atom stereocenters. The van der Waals surface area contributed by atoms with Crippen molar-refractivity contribution in [2.45, 2.75) is 64.8 Å². The van der Waals surface area contributed by atoms with Gasteiger partial charge in [0.1, 0.15) is 5.82 Å². The minimum Gasteiger partial charge on any atom is -0.381 e. The number of aryl methyl sites for hydroxylation is 1. The first-order valence-corrected chi connectivity index (χ1v) is 11.3. The lowest BCUT2D eigenvalue weighted by molar-refractivity contribution is -0.00292. The SMILES string of the molecule is CCOCC1(CNC2CCN(c3cc(C)nc(N4CCCC4)n3)CC2)CCC1. The lowest BCUT2D eigenvalue weighted by atomic mass is 9.69. The van der Waals surface area contributed by atoms with Crippen molar-refractivity contribution >= 4 is 11.8 Å². The topological polar surface area (TPSA) is 53.5 Å². The Labute approximate surface area is 170 Å². The summed E-state index contributed by atoms with van der Waals surface area (Å²) in [6.07, 6.45) is 8.89. The van der Waals surface area contributed by atoms with Gasteiger partial charge in [0.15, 0.2) is 0 Å². The number of ether oxygens (including phenoxy) is 1. The molecule has 0 aromatic carbocycles. The van der Waals surface area contributed by atoms with Gasteiger partial charge in [0, 0.05) is 62.5 Å². The van der Waals surface area contributed by atoms with Crippen molar-refractivity contribution in [3.05, 3.63) is 11.8 Å². The molecule has 0 bridgehead atoms. The first kappa shape index (κ1) is 19.9. The zero-order valence-corrected chi connectivity index (χ0v) is 17.8. The second-order valence-corrected chi connectivity index (χ2v) is 8.99. The van der Waals surface area contributed by atoms with Crippen molar-refractivity contribution in [1.29, 1.82) is 0 Å². The molecular weight excluding hydrogens is 350 g/mol. The number of anilines is 2. The Balaban J connectivity index is 1.29. The third kappa shape index (κ3) is 4.60. The van der Waals surface area contributed by atoms with Crippen LogP contribution in [0.1, 0.15) is 57.6 Å². The van der Waals surface area contributed by atoms with E-state index in [2.05, 4.69) is 40.0 Å². The largest absolute Gasteiger partial charge is 0.381 e. The molecule has 0 radical (unpaired) electrons. The van der Waals surface area contributed by atoms with E-state index in [9.17, 15) is 0 Å². The van der Waals surface area contributed by atoms with E-state index in [-0.39, 0.29) is 0 Å². The Morgan fingerprint density at radius 1 is 1.07 bits per heavy atom. The molecular formula is C22H37N5O. The van der Waals surface area contributed by atoms with E-state index in [1.807, 2.05) is 0 Å². The maximum absolute atomic E-state index is 5.75. The van der Waals surface area contributed by atoms with Crippen LogP contribution in [0.4, 0.5) is 11.8 Å². The summed E-state index contributed by atoms with van der Waals surface area (Å²) >= 11 is 0. The molecule has 2 saturated heterocycles. The summed E-state index contributed by atoms with van der Waals surface area (Å²) in [5, 5.41) is 3.87. The molecule has 1 aliphatic carbocycles. The summed E-state index contributed by atoms with van der Waals surface area (Å²) in [7, 11) is 0. The van der Waals surface area contributed by atoms with Gasteiger partial charge in [0.25, 0.3) is 0 Å². The van der Waals surface area contributed by atoms with Crippen LogP contribution in [0, 0.1) is 12.3 Å². The standard InChI is InChI=1S/C22H37N5O/c1-3-28-17-22(9-6-10-22)16-23-19-7-13-26(14-8-19)20-15-18(2)24-21(25-20)27-11-4-5-12-27/h15,19,23H,3-14,16-17H2,1-2H3. The molecule has 3 heterocycles. The van der Waals surface area contributed by atoms with Crippen molar-refractivity contribution in [3.63, 3.8) is 0 Å². The molecule has 0 amide bonds. The molecule has 1 aromatic heterocycles. The fourth-order valence-electron chi connectivity index (χ4n) is 4.80. The molecule has 3 aliphatic rings. The molecule has 1 saturated carbocycles. The van der Waals surface area contributed by atoms with Crippen LogP contribution >= 0.6 is 0 Å². The van der Waals surface area contributed by atoms with E-state index >= 15 is 0 Å². The van der Waals surface area contributed by atoms with Gasteiger partial charge in [-0.3, -0.25) is 0 Å².